The first kappa shape index (κ1) is 12.3. The summed E-state index contributed by atoms with van der Waals surface area (Å²) >= 11 is 0. The van der Waals surface area contributed by atoms with Crippen LogP contribution in [-0.4, -0.2) is 49.2 Å². The number of aliphatic hydroxyl groups excluding tert-OH is 1. The van der Waals surface area contributed by atoms with Crippen LogP contribution in [0.15, 0.2) is 11.6 Å². The van der Waals surface area contributed by atoms with Crippen LogP contribution >= 0.6 is 0 Å². The van der Waals surface area contributed by atoms with Gasteiger partial charge in [-0.25, -0.2) is 0 Å². The molecule has 1 atom stereocenters. The van der Waals surface area contributed by atoms with Crippen molar-refractivity contribution in [2.45, 2.75) is 20.0 Å². The maximum absolute atomic E-state index is 11.3. The highest BCUT2D eigenvalue weighted by atomic mass is 16.3. The molecule has 1 N–H and O–H groups in total. The molecule has 76 valence electrons. The molecular formula is C10H20NO2+. The Kier molecular flexibility index (Phi) is 4.30. The highest BCUT2D eigenvalue weighted by molar-refractivity contribution is 5.93. The van der Waals surface area contributed by atoms with Crippen molar-refractivity contribution in [3.8, 4) is 0 Å². The van der Waals surface area contributed by atoms with Crippen molar-refractivity contribution in [1.29, 1.82) is 0 Å². The lowest BCUT2D eigenvalue weighted by atomic mass is 10.1. The van der Waals surface area contributed by atoms with Crippen LogP contribution in [0.25, 0.3) is 0 Å². The van der Waals surface area contributed by atoms with Gasteiger partial charge < -0.3 is 9.59 Å². The van der Waals surface area contributed by atoms with Gasteiger partial charge in [-0.05, 0) is 19.9 Å². The molecular weight excluding hydrogens is 166 g/mol. The van der Waals surface area contributed by atoms with Crippen molar-refractivity contribution in [3.05, 3.63) is 11.6 Å². The van der Waals surface area contributed by atoms with Gasteiger partial charge in [-0.3, -0.25) is 4.79 Å². The van der Waals surface area contributed by atoms with Crippen molar-refractivity contribution in [1.82, 2.24) is 0 Å². The molecule has 0 aliphatic heterocycles. The van der Waals surface area contributed by atoms with Crippen molar-refractivity contribution < 1.29 is 14.4 Å². The van der Waals surface area contributed by atoms with E-state index in [-0.39, 0.29) is 5.78 Å². The molecule has 0 spiro atoms. The molecule has 0 aromatic carbocycles. The fraction of sp³-hybridized carbons (Fsp3) is 0.700. The van der Waals surface area contributed by atoms with Gasteiger partial charge in [0, 0.05) is 0 Å². The van der Waals surface area contributed by atoms with E-state index >= 15 is 0 Å². The van der Waals surface area contributed by atoms with Crippen LogP contribution < -0.4 is 0 Å². The molecule has 0 aliphatic carbocycles. The number of rotatable bonds is 4. The maximum atomic E-state index is 11.3. The second kappa shape index (κ2) is 4.53. The molecule has 0 rings (SSSR count). The quantitative estimate of drug-likeness (QED) is 0.515. The van der Waals surface area contributed by atoms with Gasteiger partial charge in [-0.2, -0.15) is 0 Å². The first-order chi connectivity index (χ1) is 5.72. The minimum atomic E-state index is -0.880. The molecule has 0 aromatic rings. The zero-order valence-electron chi connectivity index (χ0n) is 9.16. The summed E-state index contributed by atoms with van der Waals surface area (Å²) < 4.78 is 0.587. The van der Waals surface area contributed by atoms with Crippen LogP contribution in [0, 0.1) is 0 Å². The highest BCUT2D eigenvalue weighted by Crippen LogP contribution is 1.99. The molecule has 0 saturated carbocycles. The van der Waals surface area contributed by atoms with Gasteiger partial charge >= 0.3 is 0 Å². The lowest BCUT2D eigenvalue weighted by molar-refractivity contribution is -0.872. The van der Waals surface area contributed by atoms with Crippen molar-refractivity contribution in [3.63, 3.8) is 0 Å². The molecule has 1 unspecified atom stereocenters. The van der Waals surface area contributed by atoms with Gasteiger partial charge in [0.1, 0.15) is 6.54 Å². The van der Waals surface area contributed by atoms with E-state index in [1.54, 1.807) is 0 Å². The van der Waals surface area contributed by atoms with Crippen LogP contribution in [0.2, 0.25) is 0 Å². The number of likely N-dealkylation sites (N-methyl/N-ethyl adjacent to an activating group) is 1. The minimum Gasteiger partial charge on any atom is -0.379 e. The monoisotopic (exact) mass is 186 g/mol. The Labute approximate surface area is 80.3 Å². The zero-order valence-corrected chi connectivity index (χ0v) is 9.16. The van der Waals surface area contributed by atoms with Crippen LogP contribution in [0.3, 0.4) is 0 Å². The number of nitrogens with zero attached hydrogens (tertiary/aromatic N) is 1. The second-order valence-corrected chi connectivity index (χ2v) is 4.61. The fourth-order valence-corrected chi connectivity index (χ4v) is 0.989. The van der Waals surface area contributed by atoms with E-state index in [1.165, 1.54) is 6.08 Å². The second-order valence-electron chi connectivity index (χ2n) is 4.61. The Balaban J connectivity index is 4.21. The summed E-state index contributed by atoms with van der Waals surface area (Å²) in [5.41, 5.74) is 0.922. The summed E-state index contributed by atoms with van der Waals surface area (Å²) in [6.07, 6.45) is 0.607. The third kappa shape index (κ3) is 6.49. The largest absolute Gasteiger partial charge is 0.379 e. The molecule has 0 aliphatic rings. The number of aliphatic hydroxyl groups is 1. The predicted molar refractivity (Wildman–Crippen MR) is 53.3 cm³/mol. The van der Waals surface area contributed by atoms with E-state index in [0.717, 1.165) is 5.57 Å². The summed E-state index contributed by atoms with van der Waals surface area (Å²) in [4.78, 5) is 11.3. The molecule has 3 nitrogen and oxygen atoms in total. The lowest BCUT2D eigenvalue weighted by Crippen LogP contribution is -2.44. The van der Waals surface area contributed by atoms with Crippen molar-refractivity contribution in [2.24, 2.45) is 0 Å². The van der Waals surface area contributed by atoms with Gasteiger partial charge in [-0.15, -0.1) is 0 Å². The van der Waals surface area contributed by atoms with E-state index in [2.05, 4.69) is 0 Å². The Morgan fingerprint density at radius 1 is 1.38 bits per heavy atom. The first-order valence-electron chi connectivity index (χ1n) is 4.39. The predicted octanol–water partition coefficient (Wildman–Crippen LogP) is 0.589. The van der Waals surface area contributed by atoms with Crippen molar-refractivity contribution >= 4 is 5.78 Å². The topological polar surface area (TPSA) is 37.3 Å². The molecule has 0 saturated heterocycles. The van der Waals surface area contributed by atoms with E-state index in [0.29, 0.717) is 11.0 Å². The van der Waals surface area contributed by atoms with Gasteiger partial charge in [0.2, 0.25) is 0 Å². The van der Waals surface area contributed by atoms with Crippen molar-refractivity contribution in [2.75, 3.05) is 27.7 Å². The highest BCUT2D eigenvalue weighted by Gasteiger charge is 2.20. The fourth-order valence-electron chi connectivity index (χ4n) is 0.989. The molecule has 0 fully saturated rings. The minimum absolute atomic E-state index is 0.201. The first-order valence-corrected chi connectivity index (χ1v) is 4.39. The van der Waals surface area contributed by atoms with E-state index < -0.39 is 6.10 Å². The average Bonchev–Trinajstić information content (AvgIpc) is 1.81. The number of ketones is 1. The third-order valence-corrected chi connectivity index (χ3v) is 1.48. The zero-order chi connectivity index (χ0) is 10.6. The Morgan fingerprint density at radius 2 is 1.85 bits per heavy atom. The summed E-state index contributed by atoms with van der Waals surface area (Å²) in [7, 11) is 5.83. The summed E-state index contributed by atoms with van der Waals surface area (Å²) in [6, 6.07) is 0. The Bertz CT molecular complexity index is 209. The smallest absolute Gasteiger partial charge is 0.189 e. The molecule has 0 amide bonds. The normalized spacial score (nSPS) is 13.7. The maximum Gasteiger partial charge on any atom is 0.189 e. The molecule has 13 heavy (non-hydrogen) atoms. The van der Waals surface area contributed by atoms with Gasteiger partial charge in [0.25, 0.3) is 0 Å². The van der Waals surface area contributed by atoms with Crippen LogP contribution in [-0.2, 0) is 4.79 Å². The number of hydrogen-bond acceptors (Lipinski definition) is 2. The number of hydrogen-bond donors (Lipinski definition) is 1. The summed E-state index contributed by atoms with van der Waals surface area (Å²) in [5, 5.41) is 9.49. The van der Waals surface area contributed by atoms with Crippen LogP contribution in [0.5, 0.6) is 0 Å². The number of carbonyl (C=O) groups excluding carboxylic acids is 1. The molecule has 0 radical (unpaired) electrons. The Hall–Kier alpha value is -0.670. The summed E-state index contributed by atoms with van der Waals surface area (Å²) in [6.45, 7) is 4.13. The Morgan fingerprint density at radius 3 is 2.15 bits per heavy atom. The number of allylic oxidation sites excluding steroid dienone is 1. The van der Waals surface area contributed by atoms with E-state index in [4.69, 9.17) is 0 Å². The van der Waals surface area contributed by atoms with E-state index in [1.807, 2.05) is 35.0 Å². The number of quaternary nitrogens is 1. The lowest BCUT2D eigenvalue weighted by Gasteiger charge is -2.25. The summed E-state index contributed by atoms with van der Waals surface area (Å²) in [5.74, 6) is -0.201. The molecule has 0 heterocycles. The van der Waals surface area contributed by atoms with Gasteiger partial charge in [0.15, 0.2) is 11.9 Å². The number of carbonyl (C=O) groups is 1. The van der Waals surface area contributed by atoms with Gasteiger partial charge in [-0.1, -0.05) is 5.57 Å². The van der Waals surface area contributed by atoms with E-state index in [9.17, 15) is 9.90 Å². The standard InChI is InChI=1S/C10H20NO2/c1-8(2)6-9(12)10(13)7-11(3,4)5/h6,10,13H,7H2,1-5H3/q+1. The van der Waals surface area contributed by atoms with Crippen LogP contribution in [0.1, 0.15) is 13.8 Å². The SMILES string of the molecule is CC(C)=CC(=O)C(O)C[N+](C)(C)C. The third-order valence-electron chi connectivity index (χ3n) is 1.48. The van der Waals surface area contributed by atoms with Crippen LogP contribution in [0.4, 0.5) is 0 Å². The molecule has 0 aromatic heterocycles. The molecule has 3 heteroatoms. The average molecular weight is 186 g/mol. The van der Waals surface area contributed by atoms with Gasteiger partial charge in [0.05, 0.1) is 21.1 Å². The molecule has 0 bridgehead atoms.